The van der Waals surface area contributed by atoms with Crippen LogP contribution in [0.25, 0.3) is 0 Å². The number of rotatable bonds is 7. The molecule has 0 amide bonds. The Balaban J connectivity index is 0.00000306. The zero-order valence-electron chi connectivity index (χ0n) is 19.2. The summed E-state index contributed by atoms with van der Waals surface area (Å²) >= 11 is 0. The highest BCUT2D eigenvalue weighted by molar-refractivity contribution is 14.0. The summed E-state index contributed by atoms with van der Waals surface area (Å²) in [6.07, 6.45) is 7.35. The molecule has 2 N–H and O–H groups in total. The Bertz CT molecular complexity index is 939. The van der Waals surface area contributed by atoms with E-state index in [0.717, 1.165) is 42.9 Å². The van der Waals surface area contributed by atoms with Crippen LogP contribution >= 0.6 is 24.0 Å². The van der Waals surface area contributed by atoms with Crippen molar-refractivity contribution in [3.8, 4) is 11.5 Å². The van der Waals surface area contributed by atoms with Crippen LogP contribution < -0.4 is 25.0 Å². The molecule has 2 fully saturated rings. The fourth-order valence-corrected chi connectivity index (χ4v) is 4.42. The number of aromatic nitrogens is 1. The first-order valence-electron chi connectivity index (χ1n) is 11.3. The summed E-state index contributed by atoms with van der Waals surface area (Å²) in [5.41, 5.74) is 1.03. The van der Waals surface area contributed by atoms with Gasteiger partial charge in [0.15, 0.2) is 29.1 Å². The number of pyridine rings is 1. The Hall–Kier alpha value is -2.30. The molecule has 0 bridgehead atoms. The number of nitrogens with zero attached hydrogens (tertiary/aromatic N) is 3. The Morgan fingerprint density at radius 2 is 2.03 bits per heavy atom. The molecule has 0 spiro atoms. The van der Waals surface area contributed by atoms with E-state index in [0.29, 0.717) is 24.9 Å². The average molecular weight is 569 g/mol. The highest BCUT2D eigenvalue weighted by Gasteiger charge is 2.26. The lowest BCUT2D eigenvalue weighted by molar-refractivity contribution is 0.198. The van der Waals surface area contributed by atoms with Crippen molar-refractivity contribution in [3.63, 3.8) is 0 Å². The van der Waals surface area contributed by atoms with E-state index in [4.69, 9.17) is 9.47 Å². The van der Waals surface area contributed by atoms with E-state index in [1.54, 1.807) is 26.4 Å². The first kappa shape index (κ1) is 25.3. The molecule has 4 rings (SSSR count). The number of halogens is 2. The van der Waals surface area contributed by atoms with Crippen LogP contribution in [0, 0.1) is 5.82 Å². The second kappa shape index (κ2) is 12.2. The normalized spacial score (nSPS) is 18.7. The maximum Gasteiger partial charge on any atom is 0.191 e. The van der Waals surface area contributed by atoms with Crippen molar-refractivity contribution in [1.29, 1.82) is 0 Å². The molecule has 0 radical (unpaired) electrons. The number of nitrogens with one attached hydrogen (secondary N) is 2. The topological polar surface area (TPSA) is 71.0 Å². The molecule has 1 unspecified atom stereocenters. The van der Waals surface area contributed by atoms with Gasteiger partial charge in [-0.3, -0.25) is 4.99 Å². The highest BCUT2D eigenvalue weighted by Crippen LogP contribution is 2.34. The SMILES string of the molecule is CN=C(NCc1cccc(OC)c1OC1CCCC1)NC1CCN(c2ncccc2F)C1.I. The van der Waals surface area contributed by atoms with E-state index < -0.39 is 0 Å². The summed E-state index contributed by atoms with van der Waals surface area (Å²) < 4.78 is 26.0. The minimum atomic E-state index is -0.288. The van der Waals surface area contributed by atoms with Gasteiger partial charge in [0, 0.05) is 44.5 Å². The molecule has 33 heavy (non-hydrogen) atoms. The van der Waals surface area contributed by atoms with Crippen LogP contribution in [0.3, 0.4) is 0 Å². The number of hydrogen-bond acceptors (Lipinski definition) is 5. The van der Waals surface area contributed by atoms with Crippen molar-refractivity contribution < 1.29 is 13.9 Å². The van der Waals surface area contributed by atoms with Gasteiger partial charge >= 0.3 is 0 Å². The van der Waals surface area contributed by atoms with Crippen LogP contribution in [0.1, 0.15) is 37.7 Å². The van der Waals surface area contributed by atoms with Crippen LogP contribution in [0.5, 0.6) is 11.5 Å². The van der Waals surface area contributed by atoms with Crippen LogP contribution in [-0.4, -0.2) is 50.3 Å². The standard InChI is InChI=1S/C24H32FN5O2.HI/c1-26-24(29-18-12-14-30(16-18)23-20(25)10-6-13-27-23)28-15-17-7-5-11-21(31-2)22(17)32-19-8-3-4-9-19;/h5-7,10-11,13,18-19H,3-4,8-9,12,14-16H2,1-2H3,(H2,26,28,29);1H. The van der Waals surface area contributed by atoms with Crippen molar-refractivity contribution in [2.45, 2.75) is 50.8 Å². The molecule has 1 atom stereocenters. The second-order valence-corrected chi connectivity index (χ2v) is 8.28. The van der Waals surface area contributed by atoms with E-state index >= 15 is 0 Å². The minimum Gasteiger partial charge on any atom is -0.493 e. The van der Waals surface area contributed by atoms with Crippen molar-refractivity contribution in [2.75, 3.05) is 32.1 Å². The number of methoxy groups -OCH3 is 1. The van der Waals surface area contributed by atoms with Gasteiger partial charge < -0.3 is 25.0 Å². The summed E-state index contributed by atoms with van der Waals surface area (Å²) in [5, 5.41) is 6.84. The van der Waals surface area contributed by atoms with E-state index in [9.17, 15) is 4.39 Å². The Morgan fingerprint density at radius 1 is 1.21 bits per heavy atom. The Kier molecular flexibility index (Phi) is 9.40. The molecule has 9 heteroatoms. The van der Waals surface area contributed by atoms with E-state index in [2.05, 4.69) is 20.6 Å². The fourth-order valence-electron chi connectivity index (χ4n) is 4.42. The molecule has 1 saturated carbocycles. The lowest BCUT2D eigenvalue weighted by atomic mass is 10.1. The van der Waals surface area contributed by atoms with Gasteiger partial charge in [0.1, 0.15) is 0 Å². The molecule has 2 heterocycles. The van der Waals surface area contributed by atoms with Crippen LogP contribution in [0.15, 0.2) is 41.5 Å². The van der Waals surface area contributed by atoms with Gasteiger partial charge in [0.05, 0.1) is 13.2 Å². The predicted octanol–water partition coefficient (Wildman–Crippen LogP) is 4.11. The number of guanidine groups is 1. The number of hydrogen-bond donors (Lipinski definition) is 2. The summed E-state index contributed by atoms with van der Waals surface area (Å²) in [4.78, 5) is 10.5. The zero-order chi connectivity index (χ0) is 22.3. The van der Waals surface area contributed by atoms with Gasteiger partial charge in [-0.25, -0.2) is 9.37 Å². The predicted molar refractivity (Wildman–Crippen MR) is 139 cm³/mol. The summed E-state index contributed by atoms with van der Waals surface area (Å²) in [7, 11) is 3.42. The average Bonchev–Trinajstić information content (AvgIpc) is 3.50. The molecule has 7 nitrogen and oxygen atoms in total. The van der Waals surface area contributed by atoms with Crippen LogP contribution in [0.2, 0.25) is 0 Å². The van der Waals surface area contributed by atoms with E-state index in [-0.39, 0.29) is 41.9 Å². The van der Waals surface area contributed by atoms with Crippen LogP contribution in [-0.2, 0) is 6.54 Å². The number of ether oxygens (including phenoxy) is 2. The van der Waals surface area contributed by atoms with Gasteiger partial charge in [0.25, 0.3) is 0 Å². The lowest BCUT2D eigenvalue weighted by Gasteiger charge is -2.21. The van der Waals surface area contributed by atoms with Crippen LogP contribution in [0.4, 0.5) is 10.2 Å². The van der Waals surface area contributed by atoms with Gasteiger partial charge in [0.2, 0.25) is 0 Å². The summed E-state index contributed by atoms with van der Waals surface area (Å²) in [6, 6.07) is 9.17. The zero-order valence-corrected chi connectivity index (χ0v) is 21.6. The molecule has 180 valence electrons. The smallest absolute Gasteiger partial charge is 0.191 e. The van der Waals surface area contributed by atoms with Gasteiger partial charge in [-0.2, -0.15) is 0 Å². The third-order valence-electron chi connectivity index (χ3n) is 6.10. The van der Waals surface area contributed by atoms with Crippen molar-refractivity contribution in [2.24, 2.45) is 4.99 Å². The second-order valence-electron chi connectivity index (χ2n) is 8.28. The first-order valence-corrected chi connectivity index (χ1v) is 11.3. The molecule has 1 aliphatic carbocycles. The molecule has 1 saturated heterocycles. The largest absolute Gasteiger partial charge is 0.493 e. The van der Waals surface area contributed by atoms with Crippen molar-refractivity contribution in [1.82, 2.24) is 15.6 Å². The number of anilines is 1. The van der Waals surface area contributed by atoms with Gasteiger partial charge in [-0.05, 0) is 50.3 Å². The molecular formula is C24H33FIN5O2. The molecule has 1 aromatic carbocycles. The lowest BCUT2D eigenvalue weighted by Crippen LogP contribution is -2.44. The number of benzene rings is 1. The third kappa shape index (κ3) is 6.39. The highest BCUT2D eigenvalue weighted by atomic mass is 127. The van der Waals surface area contributed by atoms with Crippen molar-refractivity contribution in [3.05, 3.63) is 47.9 Å². The number of aliphatic imine (C=N–C) groups is 1. The number of para-hydroxylation sites is 1. The minimum absolute atomic E-state index is 0. The van der Waals surface area contributed by atoms with Gasteiger partial charge in [-0.1, -0.05) is 12.1 Å². The third-order valence-corrected chi connectivity index (χ3v) is 6.10. The van der Waals surface area contributed by atoms with E-state index in [1.165, 1.54) is 18.9 Å². The molecule has 1 aliphatic heterocycles. The molecule has 2 aromatic rings. The fraction of sp³-hybridized carbons (Fsp3) is 0.500. The summed E-state index contributed by atoms with van der Waals surface area (Å²) in [5.74, 6) is 2.38. The van der Waals surface area contributed by atoms with Crippen molar-refractivity contribution >= 4 is 35.8 Å². The Morgan fingerprint density at radius 3 is 2.76 bits per heavy atom. The maximum atomic E-state index is 14.1. The molecule has 2 aliphatic rings. The monoisotopic (exact) mass is 569 g/mol. The maximum absolute atomic E-state index is 14.1. The van der Waals surface area contributed by atoms with E-state index in [1.807, 2.05) is 23.1 Å². The Labute approximate surface area is 212 Å². The quantitative estimate of drug-likeness (QED) is 0.297. The van der Waals surface area contributed by atoms with Gasteiger partial charge in [-0.15, -0.1) is 24.0 Å². The first-order chi connectivity index (χ1) is 15.7. The molecule has 1 aromatic heterocycles. The summed E-state index contributed by atoms with van der Waals surface area (Å²) in [6.45, 7) is 1.98. The molecular weight excluding hydrogens is 536 g/mol.